The van der Waals surface area contributed by atoms with Crippen molar-refractivity contribution < 1.29 is 17.9 Å². The second-order valence-electron chi connectivity index (χ2n) is 4.96. The van der Waals surface area contributed by atoms with Crippen molar-refractivity contribution in [3.63, 3.8) is 0 Å². The Balaban J connectivity index is 3.07. The molecule has 6 nitrogen and oxygen atoms in total. The maximum absolute atomic E-state index is 12.1. The van der Waals surface area contributed by atoms with Gasteiger partial charge in [0.15, 0.2) is 0 Å². The minimum Gasteiger partial charge on any atom is -0.382 e. The Labute approximate surface area is 123 Å². The summed E-state index contributed by atoms with van der Waals surface area (Å²) in [6.45, 7) is 3.88. The van der Waals surface area contributed by atoms with Crippen molar-refractivity contribution in [2.45, 2.75) is 24.3 Å². The van der Waals surface area contributed by atoms with Crippen LogP contribution in [0.3, 0.4) is 0 Å². The number of sulfonamides is 1. The van der Waals surface area contributed by atoms with Gasteiger partial charge in [0, 0.05) is 12.7 Å². The molecule has 20 heavy (non-hydrogen) atoms. The Morgan fingerprint density at radius 1 is 1.45 bits per heavy atom. The van der Waals surface area contributed by atoms with Crippen LogP contribution in [0.15, 0.2) is 23.1 Å². The Morgan fingerprint density at radius 3 is 2.55 bits per heavy atom. The van der Waals surface area contributed by atoms with E-state index in [0.29, 0.717) is 6.61 Å². The summed E-state index contributed by atoms with van der Waals surface area (Å²) in [5, 5.41) is 7.74. The molecule has 0 heterocycles. The smallest absolute Gasteiger partial charge is 0.251 e. The van der Waals surface area contributed by atoms with Crippen LogP contribution in [0.4, 0.5) is 0 Å². The summed E-state index contributed by atoms with van der Waals surface area (Å²) in [4.78, 5) is 11.8. The number of amides is 1. The molecule has 8 heteroatoms. The summed E-state index contributed by atoms with van der Waals surface area (Å²) in [6.07, 6.45) is 0. The topological polar surface area (TPSA) is 98.5 Å². The summed E-state index contributed by atoms with van der Waals surface area (Å²) in [7, 11) is -2.46. The fourth-order valence-corrected chi connectivity index (χ4v) is 2.71. The van der Waals surface area contributed by atoms with E-state index in [9.17, 15) is 13.2 Å². The average Bonchev–Trinajstić information content (AvgIpc) is 2.26. The maximum atomic E-state index is 12.1. The molecule has 0 fully saturated rings. The van der Waals surface area contributed by atoms with Gasteiger partial charge in [-0.15, -0.1) is 0 Å². The highest BCUT2D eigenvalue weighted by Crippen LogP contribution is 2.21. The molecule has 0 bridgehead atoms. The zero-order chi connectivity index (χ0) is 15.6. The zero-order valence-electron chi connectivity index (χ0n) is 11.4. The summed E-state index contributed by atoms with van der Waals surface area (Å²) in [5.41, 5.74) is -0.435. The third kappa shape index (κ3) is 4.45. The maximum Gasteiger partial charge on any atom is 0.251 e. The highest BCUT2D eigenvalue weighted by Gasteiger charge is 2.22. The van der Waals surface area contributed by atoms with E-state index >= 15 is 0 Å². The summed E-state index contributed by atoms with van der Waals surface area (Å²) in [5.74, 6) is -0.436. The van der Waals surface area contributed by atoms with Crippen molar-refractivity contribution in [1.29, 1.82) is 0 Å². The lowest BCUT2D eigenvalue weighted by Crippen LogP contribution is -2.46. The molecule has 0 spiro atoms. The predicted molar refractivity (Wildman–Crippen MR) is 76.2 cm³/mol. The van der Waals surface area contributed by atoms with Crippen LogP contribution < -0.4 is 10.5 Å². The number of nitrogens with two attached hydrogens (primary N) is 1. The second kappa shape index (κ2) is 6.09. The fourth-order valence-electron chi connectivity index (χ4n) is 1.64. The number of primary sulfonamides is 1. The Bertz CT molecular complexity index is 614. The monoisotopic (exact) mass is 320 g/mol. The molecule has 0 unspecified atom stereocenters. The number of rotatable bonds is 5. The van der Waals surface area contributed by atoms with Gasteiger partial charge in [-0.25, -0.2) is 13.6 Å². The van der Waals surface area contributed by atoms with Gasteiger partial charge in [0.2, 0.25) is 10.0 Å². The highest BCUT2D eigenvalue weighted by molar-refractivity contribution is 7.89. The third-order valence-corrected chi connectivity index (χ3v) is 3.85. The Kier molecular flexibility index (Phi) is 5.15. The molecule has 112 valence electrons. The minimum atomic E-state index is -3.98. The molecule has 0 radical (unpaired) electrons. The number of carbonyl (C=O) groups is 1. The first-order valence-electron chi connectivity index (χ1n) is 5.70. The predicted octanol–water partition coefficient (Wildman–Crippen LogP) is 1.14. The van der Waals surface area contributed by atoms with E-state index < -0.39 is 21.5 Å². The summed E-state index contributed by atoms with van der Waals surface area (Å²) < 4.78 is 27.7. The van der Waals surface area contributed by atoms with Crippen molar-refractivity contribution in [3.05, 3.63) is 28.8 Å². The van der Waals surface area contributed by atoms with Gasteiger partial charge in [-0.2, -0.15) is 0 Å². The number of methoxy groups -OCH3 is 1. The molecule has 0 aliphatic carbocycles. The first-order valence-corrected chi connectivity index (χ1v) is 7.63. The number of benzene rings is 1. The molecule has 0 aliphatic heterocycles. The first kappa shape index (κ1) is 16.9. The summed E-state index contributed by atoms with van der Waals surface area (Å²) >= 11 is 5.76. The van der Waals surface area contributed by atoms with Crippen LogP contribution in [-0.2, 0) is 14.8 Å². The van der Waals surface area contributed by atoms with Gasteiger partial charge in [-0.05, 0) is 32.0 Å². The number of carbonyl (C=O) groups excluding carboxylic acids is 1. The quantitative estimate of drug-likeness (QED) is 0.850. The molecule has 0 aliphatic rings. The van der Waals surface area contributed by atoms with Crippen LogP contribution in [0.2, 0.25) is 5.02 Å². The largest absolute Gasteiger partial charge is 0.382 e. The van der Waals surface area contributed by atoms with Crippen molar-refractivity contribution in [2.24, 2.45) is 5.14 Å². The van der Waals surface area contributed by atoms with E-state index in [2.05, 4.69) is 5.32 Å². The van der Waals surface area contributed by atoms with E-state index in [1.807, 2.05) is 0 Å². The van der Waals surface area contributed by atoms with Gasteiger partial charge in [0.1, 0.15) is 4.90 Å². The molecule has 1 aromatic rings. The van der Waals surface area contributed by atoms with Crippen molar-refractivity contribution in [1.82, 2.24) is 5.32 Å². The summed E-state index contributed by atoms with van der Waals surface area (Å²) in [6, 6.07) is 3.89. The van der Waals surface area contributed by atoms with E-state index in [4.69, 9.17) is 21.5 Å². The van der Waals surface area contributed by atoms with Crippen LogP contribution in [-0.4, -0.2) is 33.6 Å². The molecule has 3 N–H and O–H groups in total. The number of nitrogens with one attached hydrogen (secondary N) is 1. The zero-order valence-corrected chi connectivity index (χ0v) is 13.0. The van der Waals surface area contributed by atoms with Crippen LogP contribution in [0.25, 0.3) is 0 Å². The van der Waals surface area contributed by atoms with E-state index in [1.54, 1.807) is 13.8 Å². The molecule has 0 atom stereocenters. The van der Waals surface area contributed by atoms with Gasteiger partial charge in [-0.3, -0.25) is 4.79 Å². The lowest BCUT2D eigenvalue weighted by molar-refractivity contribution is 0.0820. The standard InChI is InChI=1S/C12H17ClN2O4S/c1-12(2,7-19-3)15-11(16)8-4-5-9(13)10(6-8)20(14,17)18/h4-6H,7H2,1-3H3,(H,15,16)(H2,14,17,18). The normalized spacial score (nSPS) is 12.2. The highest BCUT2D eigenvalue weighted by atomic mass is 35.5. The first-order chi connectivity index (χ1) is 9.07. The fraction of sp³-hybridized carbons (Fsp3) is 0.417. The van der Waals surface area contributed by atoms with Crippen molar-refractivity contribution in [3.8, 4) is 0 Å². The van der Waals surface area contributed by atoms with Crippen LogP contribution >= 0.6 is 11.6 Å². The van der Waals surface area contributed by atoms with Crippen LogP contribution in [0, 0.1) is 0 Å². The Hall–Kier alpha value is -1.15. The molecule has 0 saturated carbocycles. The molecule has 0 aromatic heterocycles. The minimum absolute atomic E-state index is 0.0276. The number of hydrogen-bond donors (Lipinski definition) is 2. The third-order valence-electron chi connectivity index (χ3n) is 2.46. The molecule has 1 amide bonds. The van der Waals surface area contributed by atoms with Gasteiger partial charge in [0.25, 0.3) is 5.91 Å². The molecular weight excluding hydrogens is 304 g/mol. The molecule has 0 saturated heterocycles. The lowest BCUT2D eigenvalue weighted by atomic mass is 10.1. The van der Waals surface area contributed by atoms with E-state index in [0.717, 1.165) is 6.07 Å². The van der Waals surface area contributed by atoms with Crippen molar-refractivity contribution >= 4 is 27.5 Å². The SMILES string of the molecule is COCC(C)(C)NC(=O)c1ccc(Cl)c(S(N)(=O)=O)c1. The van der Waals surface area contributed by atoms with E-state index in [-0.39, 0.29) is 15.5 Å². The molecule has 1 rings (SSSR count). The van der Waals surface area contributed by atoms with Gasteiger partial charge in [0.05, 0.1) is 17.2 Å². The average molecular weight is 321 g/mol. The van der Waals surface area contributed by atoms with Gasteiger partial charge >= 0.3 is 0 Å². The van der Waals surface area contributed by atoms with Crippen LogP contribution in [0.1, 0.15) is 24.2 Å². The second-order valence-corrected chi connectivity index (χ2v) is 6.90. The van der Waals surface area contributed by atoms with Gasteiger partial charge < -0.3 is 10.1 Å². The number of ether oxygens (including phenoxy) is 1. The lowest BCUT2D eigenvalue weighted by Gasteiger charge is -2.25. The van der Waals surface area contributed by atoms with E-state index in [1.165, 1.54) is 19.2 Å². The molecular formula is C12H17ClN2O4S. The number of halogens is 1. The van der Waals surface area contributed by atoms with Crippen LogP contribution in [0.5, 0.6) is 0 Å². The van der Waals surface area contributed by atoms with Gasteiger partial charge in [-0.1, -0.05) is 11.6 Å². The number of hydrogen-bond acceptors (Lipinski definition) is 4. The van der Waals surface area contributed by atoms with Crippen molar-refractivity contribution in [2.75, 3.05) is 13.7 Å². The molecule has 1 aromatic carbocycles. The Morgan fingerprint density at radius 2 is 2.05 bits per heavy atom.